The molecule has 0 aliphatic rings. The Balaban J connectivity index is 1.60. The molecule has 2 rings (SSSR count). The van der Waals surface area contributed by atoms with E-state index < -0.39 is 11.2 Å². The van der Waals surface area contributed by atoms with Crippen LogP contribution in [0.4, 0.5) is 0 Å². The van der Waals surface area contributed by atoms with Crippen LogP contribution in [0.3, 0.4) is 0 Å². The lowest BCUT2D eigenvalue weighted by molar-refractivity contribution is -0.758. The lowest BCUT2D eigenvalue weighted by Crippen LogP contribution is -2.38. The van der Waals surface area contributed by atoms with E-state index >= 15 is 0 Å². The Bertz CT molecular complexity index is 809. The van der Waals surface area contributed by atoms with E-state index in [4.69, 9.17) is 4.74 Å². The van der Waals surface area contributed by atoms with Crippen molar-refractivity contribution >= 4 is 16.8 Å². The number of nitrogens with one attached hydrogen (secondary N) is 3. The third kappa shape index (κ3) is 7.59. The molecule has 29 heavy (non-hydrogen) atoms. The molecule has 0 spiro atoms. The van der Waals surface area contributed by atoms with Crippen molar-refractivity contribution in [3.05, 3.63) is 40.1 Å². The number of benzene rings is 1. The number of nitrogens with zero attached hydrogens (tertiary/aromatic N) is 1. The molecule has 10 heteroatoms. The maximum Gasteiger partial charge on any atom is 0.294 e. The lowest BCUT2D eigenvalue weighted by atomic mass is 10.1. The molecule has 1 aromatic carbocycles. The minimum absolute atomic E-state index is 0.109. The molecule has 4 N–H and O–H groups in total. The first-order valence-electron chi connectivity index (χ1n) is 9.51. The van der Waals surface area contributed by atoms with Gasteiger partial charge in [-0.1, -0.05) is 6.92 Å². The number of aliphatic hydroxyl groups excluding tert-OH is 1. The van der Waals surface area contributed by atoms with Crippen LogP contribution < -0.4 is 15.4 Å². The van der Waals surface area contributed by atoms with Crippen LogP contribution in [0.15, 0.2) is 24.4 Å². The van der Waals surface area contributed by atoms with Crippen LogP contribution in [0, 0.1) is 23.0 Å². The first-order valence-corrected chi connectivity index (χ1v) is 9.51. The van der Waals surface area contributed by atoms with Crippen molar-refractivity contribution in [3.8, 4) is 5.75 Å². The van der Waals surface area contributed by atoms with Gasteiger partial charge in [0, 0.05) is 42.7 Å². The fourth-order valence-electron chi connectivity index (χ4n) is 2.79. The Kier molecular flexibility index (Phi) is 8.68. The number of aromatic amines is 1. The minimum atomic E-state index is -0.872. The van der Waals surface area contributed by atoms with Crippen molar-refractivity contribution in [1.29, 1.82) is 0 Å². The number of hydrogen-bond acceptors (Lipinski definition) is 7. The van der Waals surface area contributed by atoms with Crippen molar-refractivity contribution < 1.29 is 24.6 Å². The predicted molar refractivity (Wildman–Crippen MR) is 107 cm³/mol. The summed E-state index contributed by atoms with van der Waals surface area (Å²) in [5.41, 5.74) is 2.06. The highest BCUT2D eigenvalue weighted by Crippen LogP contribution is 2.26. The molecule has 0 saturated carbocycles. The standard InChI is InChI=1S/C19H28N4O6/c1-13-9-17-16(3-5-21-17)18(10-13)28-12-15(24)11-20-6-7-22-19(25)14(2)4-8-29-23(26)27/h3,5,9-10,14-15,20-21,24H,4,6-8,11-12H2,1-2H3,(H,22,25). The van der Waals surface area contributed by atoms with Gasteiger partial charge in [-0.05, 0) is 37.1 Å². The van der Waals surface area contributed by atoms with Gasteiger partial charge >= 0.3 is 0 Å². The van der Waals surface area contributed by atoms with Crippen LogP contribution in [-0.4, -0.2) is 60.0 Å². The quantitative estimate of drug-likeness (QED) is 0.222. The van der Waals surface area contributed by atoms with E-state index in [1.165, 1.54) is 0 Å². The first-order chi connectivity index (χ1) is 13.9. The third-order valence-corrected chi connectivity index (χ3v) is 4.38. The number of carbonyl (C=O) groups is 1. The number of aromatic nitrogens is 1. The van der Waals surface area contributed by atoms with Crippen LogP contribution in [-0.2, 0) is 9.63 Å². The highest BCUT2D eigenvalue weighted by Gasteiger charge is 2.13. The van der Waals surface area contributed by atoms with E-state index in [2.05, 4.69) is 20.5 Å². The summed E-state index contributed by atoms with van der Waals surface area (Å²) in [7, 11) is 0. The van der Waals surface area contributed by atoms with Gasteiger partial charge in [0.15, 0.2) is 0 Å². The average molecular weight is 408 g/mol. The summed E-state index contributed by atoms with van der Waals surface area (Å²) < 4.78 is 5.76. The SMILES string of the molecule is Cc1cc(OCC(O)CNCCNC(=O)C(C)CCO[N+](=O)[O-])c2cc[nH]c2c1. The van der Waals surface area contributed by atoms with E-state index in [-0.39, 0.29) is 31.5 Å². The maximum absolute atomic E-state index is 11.9. The summed E-state index contributed by atoms with van der Waals surface area (Å²) in [6, 6.07) is 5.90. The second kappa shape index (κ2) is 11.2. The van der Waals surface area contributed by atoms with Crippen molar-refractivity contribution in [2.24, 2.45) is 5.92 Å². The Hall–Kier alpha value is -2.85. The summed E-state index contributed by atoms with van der Waals surface area (Å²) in [6.07, 6.45) is 1.42. The summed E-state index contributed by atoms with van der Waals surface area (Å²) in [4.78, 5) is 29.3. The van der Waals surface area contributed by atoms with Gasteiger partial charge in [-0.3, -0.25) is 4.79 Å². The summed E-state index contributed by atoms with van der Waals surface area (Å²) in [5, 5.41) is 26.1. The van der Waals surface area contributed by atoms with Crippen molar-refractivity contribution in [2.75, 3.05) is 32.8 Å². The van der Waals surface area contributed by atoms with Gasteiger partial charge in [-0.2, -0.15) is 0 Å². The number of H-pyrrole nitrogens is 1. The Morgan fingerprint density at radius 1 is 1.38 bits per heavy atom. The zero-order valence-corrected chi connectivity index (χ0v) is 16.6. The molecule has 0 radical (unpaired) electrons. The number of carbonyl (C=O) groups excluding carboxylic acids is 1. The third-order valence-electron chi connectivity index (χ3n) is 4.38. The van der Waals surface area contributed by atoms with Gasteiger partial charge in [0.05, 0.1) is 6.61 Å². The van der Waals surface area contributed by atoms with E-state index in [0.29, 0.717) is 19.6 Å². The van der Waals surface area contributed by atoms with Gasteiger partial charge in [0.25, 0.3) is 5.09 Å². The molecule has 0 aliphatic carbocycles. The normalized spacial score (nSPS) is 13.1. The number of aryl methyl sites for hydroxylation is 1. The topological polar surface area (TPSA) is 139 Å². The van der Waals surface area contributed by atoms with E-state index in [0.717, 1.165) is 22.2 Å². The summed E-state index contributed by atoms with van der Waals surface area (Å²) in [6.45, 7) is 4.89. The highest BCUT2D eigenvalue weighted by molar-refractivity contribution is 5.86. The molecular formula is C19H28N4O6. The Labute approximate surface area is 168 Å². The molecule has 10 nitrogen and oxygen atoms in total. The van der Waals surface area contributed by atoms with Crippen molar-refractivity contribution in [2.45, 2.75) is 26.4 Å². The fourth-order valence-corrected chi connectivity index (χ4v) is 2.79. The molecule has 0 fully saturated rings. The van der Waals surface area contributed by atoms with E-state index in [1.54, 1.807) is 6.92 Å². The van der Waals surface area contributed by atoms with Crippen molar-refractivity contribution in [1.82, 2.24) is 15.6 Å². The largest absolute Gasteiger partial charge is 0.490 e. The molecule has 2 unspecified atom stereocenters. The Morgan fingerprint density at radius 2 is 2.17 bits per heavy atom. The van der Waals surface area contributed by atoms with Gasteiger partial charge in [0.2, 0.25) is 5.91 Å². The summed E-state index contributed by atoms with van der Waals surface area (Å²) in [5.74, 6) is 0.147. The monoisotopic (exact) mass is 408 g/mol. The number of rotatable bonds is 13. The van der Waals surface area contributed by atoms with Crippen LogP contribution in [0.5, 0.6) is 5.75 Å². The van der Waals surface area contributed by atoms with Gasteiger partial charge in [0.1, 0.15) is 18.5 Å². The molecule has 1 amide bonds. The predicted octanol–water partition coefficient (Wildman–Crippen LogP) is 1.16. The molecule has 2 atom stereocenters. The highest BCUT2D eigenvalue weighted by atomic mass is 16.9. The van der Waals surface area contributed by atoms with Crippen LogP contribution in [0.2, 0.25) is 0 Å². The second-order valence-electron chi connectivity index (χ2n) is 6.91. The van der Waals surface area contributed by atoms with E-state index in [1.807, 2.05) is 31.3 Å². The number of aliphatic hydroxyl groups is 1. The molecule has 160 valence electrons. The van der Waals surface area contributed by atoms with Crippen LogP contribution in [0.25, 0.3) is 10.9 Å². The zero-order valence-electron chi connectivity index (χ0n) is 16.6. The van der Waals surface area contributed by atoms with Gasteiger partial charge in [-0.25, -0.2) is 0 Å². The lowest BCUT2D eigenvalue weighted by Gasteiger charge is -2.15. The van der Waals surface area contributed by atoms with E-state index in [9.17, 15) is 20.0 Å². The first kappa shape index (κ1) is 22.4. The molecular weight excluding hydrogens is 380 g/mol. The maximum atomic E-state index is 11.9. The fraction of sp³-hybridized carbons (Fsp3) is 0.526. The van der Waals surface area contributed by atoms with Crippen LogP contribution >= 0.6 is 0 Å². The van der Waals surface area contributed by atoms with Crippen LogP contribution in [0.1, 0.15) is 18.9 Å². The van der Waals surface area contributed by atoms with Gasteiger partial charge in [-0.15, -0.1) is 10.1 Å². The van der Waals surface area contributed by atoms with Crippen molar-refractivity contribution in [3.63, 3.8) is 0 Å². The number of hydrogen-bond donors (Lipinski definition) is 4. The average Bonchev–Trinajstić information content (AvgIpc) is 3.13. The number of amides is 1. The molecule has 0 bridgehead atoms. The van der Waals surface area contributed by atoms with Gasteiger partial charge < -0.3 is 30.3 Å². The second-order valence-corrected chi connectivity index (χ2v) is 6.91. The molecule has 2 aromatic rings. The Morgan fingerprint density at radius 3 is 2.93 bits per heavy atom. The number of ether oxygens (including phenoxy) is 1. The molecule has 0 saturated heterocycles. The smallest absolute Gasteiger partial charge is 0.294 e. The number of fused-ring (bicyclic) bond motifs is 1. The molecule has 1 aromatic heterocycles. The molecule has 1 heterocycles. The minimum Gasteiger partial charge on any atom is -0.490 e. The summed E-state index contributed by atoms with van der Waals surface area (Å²) >= 11 is 0. The molecule has 0 aliphatic heterocycles. The zero-order chi connectivity index (χ0) is 21.2.